The number of nitrogens with one attached hydrogen (secondary N) is 1. The number of sulfonamides is 1. The molecule has 1 aliphatic carbocycles. The maximum absolute atomic E-state index is 15.2. The number of alkyl halides is 3. The van der Waals surface area contributed by atoms with Gasteiger partial charge in [0.15, 0.2) is 5.69 Å². The van der Waals surface area contributed by atoms with Crippen molar-refractivity contribution in [3.63, 3.8) is 0 Å². The Morgan fingerprint density at radius 2 is 1.88 bits per heavy atom. The third kappa shape index (κ3) is 5.21. The van der Waals surface area contributed by atoms with E-state index in [2.05, 4.69) is 14.7 Å². The molecule has 0 bridgehead atoms. The fourth-order valence-electron chi connectivity index (χ4n) is 3.73. The number of hydrogen-bond acceptors (Lipinski definition) is 4. The second kappa shape index (κ2) is 8.46. The van der Waals surface area contributed by atoms with Crippen molar-refractivity contribution in [3.05, 3.63) is 46.6 Å². The first-order chi connectivity index (χ1) is 15.7. The fraction of sp³-hybridized carbons (Fsp3) is 0.455. The highest BCUT2D eigenvalue weighted by molar-refractivity contribution is 7.90. The molecule has 184 valence electrons. The van der Waals surface area contributed by atoms with Crippen LogP contribution in [0.25, 0.3) is 22.3 Å². The van der Waals surface area contributed by atoms with Crippen LogP contribution < -0.4 is 4.72 Å². The molecule has 0 radical (unpaired) electrons. The Kier molecular flexibility index (Phi) is 6.19. The van der Waals surface area contributed by atoms with Crippen LogP contribution in [0.15, 0.2) is 24.5 Å². The lowest BCUT2D eigenvalue weighted by molar-refractivity contribution is -0.140. The molecule has 0 unspecified atom stereocenters. The number of halogens is 5. The zero-order valence-electron chi connectivity index (χ0n) is 18.7. The van der Waals surface area contributed by atoms with Crippen LogP contribution in [-0.4, -0.2) is 28.2 Å². The van der Waals surface area contributed by atoms with Crippen LogP contribution in [0.1, 0.15) is 44.9 Å². The summed E-state index contributed by atoms with van der Waals surface area (Å²) in [5, 5.41) is -0.204. The average Bonchev–Trinajstić information content (AvgIpc) is 3.50. The standard InChI is InChI=1S/C22H23ClF4N4O2S/c1-21(2,3)11-31-10-12(8-29-34(32,33)14-4-5-14)15-7-17(24)18(30-20(15)31)16-6-13(23)9-28-19(16)22(25,26)27/h6-7,9-10,14,29H,4-5,8,11H2,1-3H3. The molecule has 3 heterocycles. The molecule has 0 aliphatic heterocycles. The van der Waals surface area contributed by atoms with E-state index in [4.69, 9.17) is 11.6 Å². The van der Waals surface area contributed by atoms with E-state index in [1.54, 1.807) is 10.8 Å². The Bertz CT molecular complexity index is 1360. The summed E-state index contributed by atoms with van der Waals surface area (Å²) in [6.07, 6.45) is -1.16. The minimum Gasteiger partial charge on any atom is -0.332 e. The molecule has 1 saturated carbocycles. The van der Waals surface area contributed by atoms with Gasteiger partial charge in [-0.2, -0.15) is 13.2 Å². The van der Waals surface area contributed by atoms with E-state index in [0.29, 0.717) is 30.3 Å². The maximum atomic E-state index is 15.2. The molecule has 34 heavy (non-hydrogen) atoms. The first-order valence-electron chi connectivity index (χ1n) is 10.6. The maximum Gasteiger partial charge on any atom is 0.434 e. The molecule has 12 heteroatoms. The normalized spacial score (nSPS) is 15.3. The number of pyridine rings is 2. The zero-order valence-corrected chi connectivity index (χ0v) is 20.2. The molecule has 3 aromatic rings. The molecule has 4 rings (SSSR count). The second-order valence-electron chi connectivity index (χ2n) is 9.65. The molecule has 1 N–H and O–H groups in total. The van der Waals surface area contributed by atoms with Gasteiger partial charge in [0, 0.05) is 36.4 Å². The Balaban J connectivity index is 1.87. The van der Waals surface area contributed by atoms with Gasteiger partial charge in [-0.1, -0.05) is 32.4 Å². The summed E-state index contributed by atoms with van der Waals surface area (Å²) in [6, 6.07) is 2.06. The van der Waals surface area contributed by atoms with Gasteiger partial charge in [0.2, 0.25) is 10.0 Å². The van der Waals surface area contributed by atoms with Gasteiger partial charge in [-0.3, -0.25) is 0 Å². The first kappa shape index (κ1) is 24.9. The first-order valence-corrected chi connectivity index (χ1v) is 12.5. The highest BCUT2D eigenvalue weighted by atomic mass is 35.5. The quantitative estimate of drug-likeness (QED) is 0.435. The van der Waals surface area contributed by atoms with Crippen LogP contribution in [0.4, 0.5) is 17.6 Å². The highest BCUT2D eigenvalue weighted by Crippen LogP contribution is 2.38. The van der Waals surface area contributed by atoms with Gasteiger partial charge in [0.05, 0.1) is 10.3 Å². The van der Waals surface area contributed by atoms with E-state index in [1.165, 1.54) is 0 Å². The predicted molar refractivity (Wildman–Crippen MR) is 121 cm³/mol. The number of nitrogens with zero attached hydrogens (tertiary/aromatic N) is 3. The molecule has 0 aromatic carbocycles. The number of fused-ring (bicyclic) bond motifs is 1. The van der Waals surface area contributed by atoms with Crippen molar-refractivity contribution in [1.82, 2.24) is 19.3 Å². The van der Waals surface area contributed by atoms with Crippen LogP contribution >= 0.6 is 11.6 Å². The minimum absolute atomic E-state index is 0.0839. The molecule has 1 fully saturated rings. The lowest BCUT2D eigenvalue weighted by Crippen LogP contribution is -2.26. The van der Waals surface area contributed by atoms with Crippen LogP contribution in [0.3, 0.4) is 0 Å². The van der Waals surface area contributed by atoms with Crippen LogP contribution in [0.5, 0.6) is 0 Å². The SMILES string of the molecule is CC(C)(C)Cn1cc(CNS(=O)(=O)C2CC2)c2cc(F)c(-c3cc(Cl)cnc3C(F)(F)F)nc21. The fourth-order valence-corrected chi connectivity index (χ4v) is 5.24. The zero-order chi connectivity index (χ0) is 25.1. The number of rotatable bonds is 6. The predicted octanol–water partition coefficient (Wildman–Crippen LogP) is 5.54. The van der Waals surface area contributed by atoms with Crippen molar-refractivity contribution < 1.29 is 26.0 Å². The second-order valence-corrected chi connectivity index (χ2v) is 12.1. The molecule has 6 nitrogen and oxygen atoms in total. The summed E-state index contributed by atoms with van der Waals surface area (Å²) < 4.78 is 84.7. The van der Waals surface area contributed by atoms with Gasteiger partial charge in [0.25, 0.3) is 0 Å². The van der Waals surface area contributed by atoms with E-state index in [9.17, 15) is 21.6 Å². The Labute approximate surface area is 199 Å². The molecule has 3 aromatic heterocycles. The van der Waals surface area contributed by atoms with Crippen LogP contribution in [0.2, 0.25) is 5.02 Å². The summed E-state index contributed by atoms with van der Waals surface area (Å²) in [7, 11) is -3.49. The number of aromatic nitrogens is 3. The van der Waals surface area contributed by atoms with Crippen LogP contribution in [-0.2, 0) is 29.3 Å². The average molecular weight is 519 g/mol. The minimum atomic E-state index is -4.84. The largest absolute Gasteiger partial charge is 0.434 e. The van der Waals surface area contributed by atoms with E-state index >= 15 is 4.39 Å². The van der Waals surface area contributed by atoms with E-state index in [-0.39, 0.29) is 22.6 Å². The molecule has 0 saturated heterocycles. The lowest BCUT2D eigenvalue weighted by Gasteiger charge is -2.19. The summed E-state index contributed by atoms with van der Waals surface area (Å²) in [5.41, 5.74) is -1.94. The molecule has 1 aliphatic rings. The smallest absolute Gasteiger partial charge is 0.332 e. The summed E-state index contributed by atoms with van der Waals surface area (Å²) in [5.74, 6) is -0.998. The molecule has 0 atom stereocenters. The van der Waals surface area contributed by atoms with Gasteiger partial charge in [-0.15, -0.1) is 0 Å². The van der Waals surface area contributed by atoms with Gasteiger partial charge in [0.1, 0.15) is 17.2 Å². The lowest BCUT2D eigenvalue weighted by atomic mass is 9.97. The van der Waals surface area contributed by atoms with Gasteiger partial charge < -0.3 is 4.57 Å². The van der Waals surface area contributed by atoms with Crippen LogP contribution in [0, 0.1) is 11.2 Å². The van der Waals surface area contributed by atoms with Crippen molar-refractivity contribution in [2.24, 2.45) is 5.41 Å². The van der Waals surface area contributed by atoms with Crippen molar-refractivity contribution in [3.8, 4) is 11.3 Å². The summed E-state index contributed by atoms with van der Waals surface area (Å²) >= 11 is 5.87. The van der Waals surface area contributed by atoms with Gasteiger partial charge in [-0.05, 0) is 36.0 Å². The van der Waals surface area contributed by atoms with Gasteiger partial charge >= 0.3 is 6.18 Å². The van der Waals surface area contributed by atoms with E-state index in [1.807, 2.05) is 20.8 Å². The Morgan fingerprint density at radius 3 is 2.47 bits per heavy atom. The monoisotopic (exact) mass is 518 g/mol. The van der Waals surface area contributed by atoms with Crippen molar-refractivity contribution in [2.45, 2.75) is 58.1 Å². The third-order valence-corrected chi connectivity index (χ3v) is 7.44. The molecule has 0 amide bonds. The van der Waals surface area contributed by atoms with E-state index in [0.717, 1.165) is 18.3 Å². The Morgan fingerprint density at radius 1 is 1.21 bits per heavy atom. The Hall–Kier alpha value is -2.24. The summed E-state index contributed by atoms with van der Waals surface area (Å²) in [6.45, 7) is 6.21. The topological polar surface area (TPSA) is 76.9 Å². The molecule has 0 spiro atoms. The van der Waals surface area contributed by atoms with Crippen molar-refractivity contribution >= 4 is 32.7 Å². The molecular weight excluding hydrogens is 496 g/mol. The van der Waals surface area contributed by atoms with Crippen molar-refractivity contribution in [1.29, 1.82) is 0 Å². The number of hydrogen-bond donors (Lipinski definition) is 1. The van der Waals surface area contributed by atoms with E-state index < -0.39 is 44.2 Å². The molecular formula is C22H23ClF4N4O2S. The third-order valence-electron chi connectivity index (χ3n) is 5.34. The highest BCUT2D eigenvalue weighted by Gasteiger charge is 2.37. The van der Waals surface area contributed by atoms with Crippen molar-refractivity contribution in [2.75, 3.05) is 0 Å². The van der Waals surface area contributed by atoms with Gasteiger partial charge in [-0.25, -0.2) is 27.5 Å². The summed E-state index contributed by atoms with van der Waals surface area (Å²) in [4.78, 5) is 7.63.